The maximum absolute atomic E-state index is 9.09. The lowest BCUT2D eigenvalue weighted by molar-refractivity contribution is 0.450. The molecule has 86 valence electrons. The highest BCUT2D eigenvalue weighted by molar-refractivity contribution is 7.99. The molecule has 1 N–H and O–H groups in total. The molecule has 0 aliphatic carbocycles. The van der Waals surface area contributed by atoms with Crippen LogP contribution in [0.2, 0.25) is 0 Å². The minimum Gasteiger partial charge on any atom is -0.300 e. The van der Waals surface area contributed by atoms with Gasteiger partial charge in [-0.3, -0.25) is 5.32 Å². The Morgan fingerprint density at radius 1 is 1.38 bits per heavy atom. The van der Waals surface area contributed by atoms with Crippen molar-refractivity contribution in [2.45, 2.75) is 30.7 Å². The van der Waals surface area contributed by atoms with Crippen LogP contribution in [0.5, 0.6) is 0 Å². The van der Waals surface area contributed by atoms with Gasteiger partial charge in [0.2, 0.25) is 0 Å². The van der Waals surface area contributed by atoms with E-state index in [-0.39, 0.29) is 0 Å². The molecule has 1 aromatic carbocycles. The molecule has 0 aliphatic rings. The average Bonchev–Trinajstić information content (AvgIpc) is 2.31. The Bertz CT molecular complexity index is 345. The van der Waals surface area contributed by atoms with E-state index >= 15 is 0 Å². The molecule has 0 radical (unpaired) electrons. The van der Waals surface area contributed by atoms with Crippen molar-refractivity contribution in [3.05, 3.63) is 30.3 Å². The fourth-order valence-corrected chi connectivity index (χ4v) is 2.56. The Hall–Kier alpha value is -0.980. The first-order valence-electron chi connectivity index (χ1n) is 5.54. The Morgan fingerprint density at radius 3 is 2.62 bits per heavy atom. The van der Waals surface area contributed by atoms with Gasteiger partial charge in [0.05, 0.1) is 6.07 Å². The normalized spacial score (nSPS) is 14.1. The van der Waals surface area contributed by atoms with Crippen molar-refractivity contribution in [2.24, 2.45) is 0 Å². The van der Waals surface area contributed by atoms with Crippen LogP contribution in [0.25, 0.3) is 0 Å². The molecule has 2 nitrogen and oxygen atoms in total. The van der Waals surface area contributed by atoms with E-state index in [9.17, 15) is 0 Å². The molecule has 0 bridgehead atoms. The van der Waals surface area contributed by atoms with Crippen LogP contribution in [0.1, 0.15) is 20.3 Å². The van der Waals surface area contributed by atoms with Crippen LogP contribution < -0.4 is 5.32 Å². The molecule has 0 aromatic heterocycles. The number of benzene rings is 1. The summed E-state index contributed by atoms with van der Waals surface area (Å²) in [6.45, 7) is 4.82. The van der Waals surface area contributed by atoms with Gasteiger partial charge in [-0.2, -0.15) is 5.26 Å². The molecule has 0 saturated heterocycles. The van der Waals surface area contributed by atoms with Gasteiger partial charge >= 0.3 is 0 Å². The predicted octanol–water partition coefficient (Wildman–Crippen LogP) is 3.06. The van der Waals surface area contributed by atoms with Crippen molar-refractivity contribution in [1.82, 2.24) is 5.32 Å². The Kier molecular flexibility index (Phi) is 5.37. The van der Waals surface area contributed by atoms with E-state index in [4.69, 9.17) is 5.26 Å². The van der Waals surface area contributed by atoms with Crippen molar-refractivity contribution in [1.29, 1.82) is 5.26 Å². The van der Waals surface area contributed by atoms with Crippen LogP contribution in [0.4, 0.5) is 0 Å². The molecule has 16 heavy (non-hydrogen) atoms. The highest BCUT2D eigenvalue weighted by Gasteiger charge is 2.21. The maximum atomic E-state index is 9.09. The van der Waals surface area contributed by atoms with Gasteiger partial charge in [-0.15, -0.1) is 11.8 Å². The van der Waals surface area contributed by atoms with Crippen LogP contribution in [0.15, 0.2) is 35.2 Å². The smallest absolute Gasteiger partial charge is 0.104 e. The first kappa shape index (κ1) is 13.1. The topological polar surface area (TPSA) is 35.8 Å². The number of nitrogens with zero attached hydrogens (tertiary/aromatic N) is 1. The van der Waals surface area contributed by atoms with E-state index in [1.165, 1.54) is 4.90 Å². The summed E-state index contributed by atoms with van der Waals surface area (Å²) in [6, 6.07) is 12.6. The number of nitrogens with one attached hydrogen (secondary N) is 1. The molecule has 0 amide bonds. The minimum atomic E-state index is -0.392. The zero-order valence-corrected chi connectivity index (χ0v) is 10.7. The summed E-state index contributed by atoms with van der Waals surface area (Å²) >= 11 is 1.80. The zero-order chi connectivity index (χ0) is 11.9. The highest BCUT2D eigenvalue weighted by Crippen LogP contribution is 2.21. The van der Waals surface area contributed by atoms with Crippen molar-refractivity contribution < 1.29 is 0 Å². The SMILES string of the molecule is CCNC(C)(C#N)CCSc1ccccc1. The number of thioether (sulfide) groups is 1. The summed E-state index contributed by atoms with van der Waals surface area (Å²) < 4.78 is 0. The summed E-state index contributed by atoms with van der Waals surface area (Å²) in [4.78, 5) is 1.26. The third-order valence-electron chi connectivity index (χ3n) is 2.43. The van der Waals surface area contributed by atoms with Crippen LogP contribution in [-0.2, 0) is 0 Å². The fraction of sp³-hybridized carbons (Fsp3) is 0.462. The molecule has 0 fully saturated rings. The van der Waals surface area contributed by atoms with E-state index in [1.807, 2.05) is 32.0 Å². The first-order valence-corrected chi connectivity index (χ1v) is 6.53. The predicted molar refractivity (Wildman–Crippen MR) is 69.5 cm³/mol. The molecular formula is C13H18N2S. The quantitative estimate of drug-likeness (QED) is 0.768. The molecule has 0 saturated carbocycles. The van der Waals surface area contributed by atoms with E-state index in [2.05, 4.69) is 23.5 Å². The molecule has 1 unspecified atom stereocenters. The fourth-order valence-electron chi connectivity index (χ4n) is 1.46. The third kappa shape index (κ3) is 4.26. The van der Waals surface area contributed by atoms with Gasteiger partial charge in [0.15, 0.2) is 0 Å². The standard InChI is InChI=1S/C13H18N2S/c1-3-15-13(2,11-14)9-10-16-12-7-5-4-6-8-12/h4-8,15H,3,9-10H2,1-2H3. The van der Waals surface area contributed by atoms with E-state index in [0.29, 0.717) is 0 Å². The van der Waals surface area contributed by atoms with Crippen molar-refractivity contribution in [2.75, 3.05) is 12.3 Å². The second kappa shape index (κ2) is 6.57. The van der Waals surface area contributed by atoms with Crippen LogP contribution in [0, 0.1) is 11.3 Å². The largest absolute Gasteiger partial charge is 0.300 e. The Morgan fingerprint density at radius 2 is 2.06 bits per heavy atom. The second-order valence-corrected chi connectivity index (χ2v) is 5.05. The first-order chi connectivity index (χ1) is 7.70. The maximum Gasteiger partial charge on any atom is 0.104 e. The van der Waals surface area contributed by atoms with Gasteiger partial charge in [-0.1, -0.05) is 25.1 Å². The van der Waals surface area contributed by atoms with E-state index in [0.717, 1.165) is 18.7 Å². The zero-order valence-electron chi connectivity index (χ0n) is 9.86. The lowest BCUT2D eigenvalue weighted by Crippen LogP contribution is -2.41. The summed E-state index contributed by atoms with van der Waals surface area (Å²) in [5.74, 6) is 0.959. The lowest BCUT2D eigenvalue weighted by atomic mass is 10.0. The molecule has 3 heteroatoms. The van der Waals surface area contributed by atoms with Gasteiger partial charge in [-0.25, -0.2) is 0 Å². The number of hydrogen-bond donors (Lipinski definition) is 1. The summed E-state index contributed by atoms with van der Waals surface area (Å²) in [5.41, 5.74) is -0.392. The summed E-state index contributed by atoms with van der Waals surface area (Å²) in [5, 5.41) is 12.3. The van der Waals surface area contributed by atoms with Crippen LogP contribution in [-0.4, -0.2) is 17.8 Å². The molecule has 0 heterocycles. The van der Waals surface area contributed by atoms with Gasteiger partial charge in [0.1, 0.15) is 5.54 Å². The van der Waals surface area contributed by atoms with Crippen molar-refractivity contribution in [3.63, 3.8) is 0 Å². The third-order valence-corrected chi connectivity index (χ3v) is 3.44. The van der Waals surface area contributed by atoms with Crippen molar-refractivity contribution >= 4 is 11.8 Å². The Labute approximate surface area is 102 Å². The molecule has 0 aliphatic heterocycles. The highest BCUT2D eigenvalue weighted by atomic mass is 32.2. The monoisotopic (exact) mass is 234 g/mol. The second-order valence-electron chi connectivity index (χ2n) is 3.89. The van der Waals surface area contributed by atoms with Crippen LogP contribution >= 0.6 is 11.8 Å². The minimum absolute atomic E-state index is 0.392. The summed E-state index contributed by atoms with van der Waals surface area (Å²) in [7, 11) is 0. The van der Waals surface area contributed by atoms with Gasteiger partial charge in [-0.05, 0) is 32.0 Å². The van der Waals surface area contributed by atoms with Crippen molar-refractivity contribution in [3.8, 4) is 6.07 Å². The average molecular weight is 234 g/mol. The molecular weight excluding hydrogens is 216 g/mol. The lowest BCUT2D eigenvalue weighted by Gasteiger charge is -2.21. The Balaban J connectivity index is 2.38. The van der Waals surface area contributed by atoms with E-state index in [1.54, 1.807) is 11.8 Å². The number of nitriles is 1. The molecule has 1 atom stereocenters. The molecule has 1 aromatic rings. The van der Waals surface area contributed by atoms with Gasteiger partial charge < -0.3 is 0 Å². The van der Waals surface area contributed by atoms with Gasteiger partial charge in [0.25, 0.3) is 0 Å². The van der Waals surface area contributed by atoms with E-state index < -0.39 is 5.54 Å². The van der Waals surface area contributed by atoms with Gasteiger partial charge in [0, 0.05) is 10.6 Å². The number of hydrogen-bond acceptors (Lipinski definition) is 3. The number of rotatable bonds is 6. The van der Waals surface area contributed by atoms with Crippen LogP contribution in [0.3, 0.4) is 0 Å². The molecule has 0 spiro atoms. The molecule has 1 rings (SSSR count). The summed E-state index contributed by atoms with van der Waals surface area (Å²) in [6.07, 6.45) is 0.858.